The van der Waals surface area contributed by atoms with E-state index in [0.29, 0.717) is 11.3 Å². The molecule has 9 heteroatoms. The lowest BCUT2D eigenvalue weighted by Gasteiger charge is -2.05. The number of carbonyl (C=O) groups excluding carboxylic acids is 1. The van der Waals surface area contributed by atoms with Crippen LogP contribution in [0.1, 0.15) is 18.0 Å². The number of benzene rings is 1. The number of halogens is 2. The van der Waals surface area contributed by atoms with Gasteiger partial charge < -0.3 is 9.15 Å². The summed E-state index contributed by atoms with van der Waals surface area (Å²) in [5, 5.41) is 0. The SMILES string of the molecule is O=C(CCc1ncc(-c2c(F)cccc2F)o1)OCc1cc(=O)n2ccccc2n1. The van der Waals surface area contributed by atoms with Crippen molar-refractivity contribution < 1.29 is 22.7 Å². The van der Waals surface area contributed by atoms with Crippen molar-refractivity contribution >= 4 is 11.6 Å². The van der Waals surface area contributed by atoms with Crippen LogP contribution in [0, 0.1) is 11.6 Å². The number of aromatic nitrogens is 3. The number of ether oxygens (including phenoxy) is 1. The summed E-state index contributed by atoms with van der Waals surface area (Å²) in [4.78, 5) is 32.2. The third kappa shape index (κ3) is 4.09. The second kappa shape index (κ2) is 8.24. The van der Waals surface area contributed by atoms with Crippen LogP contribution in [0.4, 0.5) is 8.78 Å². The van der Waals surface area contributed by atoms with E-state index in [1.165, 1.54) is 22.7 Å². The highest BCUT2D eigenvalue weighted by atomic mass is 19.1. The van der Waals surface area contributed by atoms with E-state index in [2.05, 4.69) is 9.97 Å². The minimum absolute atomic E-state index is 0.0604. The molecule has 0 saturated carbocycles. The van der Waals surface area contributed by atoms with E-state index in [1.807, 2.05) is 0 Å². The van der Waals surface area contributed by atoms with Gasteiger partial charge in [-0.2, -0.15) is 0 Å². The van der Waals surface area contributed by atoms with Gasteiger partial charge in [-0.25, -0.2) is 18.7 Å². The summed E-state index contributed by atoms with van der Waals surface area (Å²) in [5.41, 5.74) is 0.184. The topological polar surface area (TPSA) is 86.7 Å². The number of oxazole rings is 1. The second-order valence-corrected chi connectivity index (χ2v) is 6.39. The van der Waals surface area contributed by atoms with Crippen molar-refractivity contribution in [2.45, 2.75) is 19.4 Å². The van der Waals surface area contributed by atoms with Gasteiger partial charge in [0.25, 0.3) is 5.56 Å². The highest BCUT2D eigenvalue weighted by molar-refractivity contribution is 5.69. The van der Waals surface area contributed by atoms with Gasteiger partial charge in [-0.05, 0) is 24.3 Å². The molecule has 0 radical (unpaired) electrons. The molecule has 1 aromatic carbocycles. The van der Waals surface area contributed by atoms with Crippen molar-refractivity contribution in [2.75, 3.05) is 0 Å². The van der Waals surface area contributed by atoms with Crippen molar-refractivity contribution in [3.8, 4) is 11.3 Å². The molecule has 0 unspecified atom stereocenters. The Labute approximate surface area is 168 Å². The van der Waals surface area contributed by atoms with E-state index in [-0.39, 0.29) is 42.2 Å². The van der Waals surface area contributed by atoms with Gasteiger partial charge in [0.1, 0.15) is 23.9 Å². The normalized spacial score (nSPS) is 11.0. The first-order chi connectivity index (χ1) is 14.5. The Balaban J connectivity index is 1.36. The number of nitrogens with zero attached hydrogens (tertiary/aromatic N) is 3. The lowest BCUT2D eigenvalue weighted by molar-refractivity contribution is -0.145. The zero-order valence-electron chi connectivity index (χ0n) is 15.5. The van der Waals surface area contributed by atoms with E-state index in [0.717, 1.165) is 12.1 Å². The first-order valence-electron chi connectivity index (χ1n) is 9.03. The Kier molecular flexibility index (Phi) is 5.34. The third-order valence-corrected chi connectivity index (χ3v) is 4.31. The smallest absolute Gasteiger partial charge is 0.306 e. The molecule has 0 saturated heterocycles. The Hall–Kier alpha value is -3.88. The van der Waals surface area contributed by atoms with Gasteiger partial charge in [0, 0.05) is 18.7 Å². The highest BCUT2D eigenvalue weighted by Crippen LogP contribution is 2.26. The first-order valence-corrected chi connectivity index (χ1v) is 9.03. The molecule has 0 atom stereocenters. The second-order valence-electron chi connectivity index (χ2n) is 6.39. The summed E-state index contributed by atoms with van der Waals surface area (Å²) in [5.74, 6) is -2.00. The van der Waals surface area contributed by atoms with Crippen LogP contribution in [-0.2, 0) is 22.6 Å². The van der Waals surface area contributed by atoms with Gasteiger partial charge in [0.15, 0.2) is 11.7 Å². The van der Waals surface area contributed by atoms with Crippen molar-refractivity contribution in [1.82, 2.24) is 14.4 Å². The fourth-order valence-corrected chi connectivity index (χ4v) is 2.89. The van der Waals surface area contributed by atoms with Crippen LogP contribution in [0.2, 0.25) is 0 Å². The maximum absolute atomic E-state index is 13.8. The van der Waals surface area contributed by atoms with Crippen molar-refractivity contribution in [1.29, 1.82) is 0 Å². The van der Waals surface area contributed by atoms with Crippen LogP contribution in [0.15, 0.2) is 64.1 Å². The molecular formula is C21H15F2N3O4. The molecule has 0 bridgehead atoms. The number of hydrogen-bond donors (Lipinski definition) is 0. The standard InChI is InChI=1S/C21H15F2N3O4/c22-14-4-3-5-15(23)21(14)16-11-24-18(30-16)7-8-20(28)29-12-13-10-19(27)26-9-2-1-6-17(26)25-13/h1-6,9-11H,7-8,12H2. The molecule has 4 aromatic rings. The molecule has 152 valence electrons. The number of rotatable bonds is 6. The molecule has 0 aliphatic rings. The maximum Gasteiger partial charge on any atom is 0.306 e. The minimum atomic E-state index is -0.768. The van der Waals surface area contributed by atoms with Crippen molar-refractivity contribution in [3.05, 3.63) is 88.4 Å². The summed E-state index contributed by atoms with van der Waals surface area (Å²) in [6.07, 6.45) is 2.82. The summed E-state index contributed by atoms with van der Waals surface area (Å²) in [7, 11) is 0. The number of hydrogen-bond acceptors (Lipinski definition) is 6. The molecule has 7 nitrogen and oxygen atoms in total. The molecule has 0 spiro atoms. The first kappa shape index (κ1) is 19.4. The predicted octanol–water partition coefficient (Wildman–Crippen LogP) is 3.30. The molecule has 30 heavy (non-hydrogen) atoms. The Morgan fingerprint density at radius 2 is 1.93 bits per heavy atom. The lowest BCUT2D eigenvalue weighted by Crippen LogP contribution is -2.16. The van der Waals surface area contributed by atoms with E-state index >= 15 is 0 Å². The molecule has 0 aliphatic carbocycles. The van der Waals surface area contributed by atoms with Crippen LogP contribution < -0.4 is 5.56 Å². The average Bonchev–Trinajstić information content (AvgIpc) is 3.19. The lowest BCUT2D eigenvalue weighted by atomic mass is 10.1. The molecular weight excluding hydrogens is 396 g/mol. The zero-order chi connectivity index (χ0) is 21.1. The van der Waals surface area contributed by atoms with Gasteiger partial charge in [0.05, 0.1) is 23.9 Å². The molecule has 0 fully saturated rings. The number of pyridine rings is 1. The van der Waals surface area contributed by atoms with Crippen LogP contribution in [0.3, 0.4) is 0 Å². The molecule has 3 heterocycles. The van der Waals surface area contributed by atoms with E-state index < -0.39 is 17.6 Å². The van der Waals surface area contributed by atoms with E-state index in [1.54, 1.807) is 24.4 Å². The van der Waals surface area contributed by atoms with Crippen LogP contribution >= 0.6 is 0 Å². The van der Waals surface area contributed by atoms with Gasteiger partial charge in [-0.15, -0.1) is 0 Å². The van der Waals surface area contributed by atoms with Crippen LogP contribution in [0.5, 0.6) is 0 Å². The summed E-state index contributed by atoms with van der Waals surface area (Å²) in [6.45, 7) is -0.156. The molecule has 0 aliphatic heterocycles. The van der Waals surface area contributed by atoms with Crippen LogP contribution in [-0.4, -0.2) is 20.3 Å². The zero-order valence-corrected chi connectivity index (χ0v) is 15.5. The van der Waals surface area contributed by atoms with Gasteiger partial charge in [0.2, 0.25) is 0 Å². The summed E-state index contributed by atoms with van der Waals surface area (Å²) < 4.78 is 39.5. The van der Waals surface area contributed by atoms with Gasteiger partial charge in [-0.3, -0.25) is 14.0 Å². The van der Waals surface area contributed by atoms with Crippen molar-refractivity contribution in [2.24, 2.45) is 0 Å². The van der Waals surface area contributed by atoms with Gasteiger partial charge >= 0.3 is 5.97 Å². The van der Waals surface area contributed by atoms with E-state index in [4.69, 9.17) is 9.15 Å². The highest BCUT2D eigenvalue weighted by Gasteiger charge is 2.16. The van der Waals surface area contributed by atoms with Crippen LogP contribution in [0.25, 0.3) is 17.0 Å². The number of fused-ring (bicyclic) bond motifs is 1. The van der Waals surface area contributed by atoms with Gasteiger partial charge in [-0.1, -0.05) is 12.1 Å². The quantitative estimate of drug-likeness (QED) is 0.453. The molecule has 4 rings (SSSR count). The largest absolute Gasteiger partial charge is 0.459 e. The summed E-state index contributed by atoms with van der Waals surface area (Å²) in [6, 6.07) is 9.91. The Morgan fingerprint density at radius 3 is 2.73 bits per heavy atom. The predicted molar refractivity (Wildman–Crippen MR) is 101 cm³/mol. The summed E-state index contributed by atoms with van der Waals surface area (Å²) >= 11 is 0. The minimum Gasteiger partial charge on any atom is -0.459 e. The molecule has 0 N–H and O–H groups in total. The fraction of sp³-hybridized carbons (Fsp3) is 0.143. The molecule has 3 aromatic heterocycles. The Bertz CT molecular complexity index is 1260. The average molecular weight is 411 g/mol. The monoisotopic (exact) mass is 411 g/mol. The number of carbonyl (C=O) groups is 1. The maximum atomic E-state index is 13.8. The molecule has 0 amide bonds. The Morgan fingerprint density at radius 1 is 1.13 bits per heavy atom. The third-order valence-electron chi connectivity index (χ3n) is 4.31. The number of esters is 1. The number of aryl methyl sites for hydroxylation is 1. The fourth-order valence-electron chi connectivity index (χ4n) is 2.89. The van der Waals surface area contributed by atoms with E-state index in [9.17, 15) is 18.4 Å². The van der Waals surface area contributed by atoms with Crippen molar-refractivity contribution in [3.63, 3.8) is 0 Å².